The number of nitriles is 1. The number of anilines is 1. The lowest BCUT2D eigenvalue weighted by Gasteiger charge is -2.34. The molecule has 0 atom stereocenters. The second-order valence-electron chi connectivity index (χ2n) is 8.72. The highest BCUT2D eigenvalue weighted by atomic mass is 32.2. The van der Waals surface area contributed by atoms with Crippen molar-refractivity contribution in [1.82, 2.24) is 14.9 Å². The Hall–Kier alpha value is -3.85. The smallest absolute Gasteiger partial charge is 0.232 e. The zero-order valence-electron chi connectivity index (χ0n) is 20.7. The maximum absolute atomic E-state index is 11.2. The van der Waals surface area contributed by atoms with Crippen LogP contribution >= 0.6 is 11.8 Å². The van der Waals surface area contributed by atoms with Gasteiger partial charge >= 0.3 is 0 Å². The van der Waals surface area contributed by atoms with E-state index in [-0.39, 0.29) is 6.61 Å². The molecule has 2 aromatic carbocycles. The second-order valence-corrected chi connectivity index (χ2v) is 9.83. The quantitative estimate of drug-likeness (QED) is 0.206. The molecule has 1 aliphatic heterocycles. The predicted octanol–water partition coefficient (Wildman–Crippen LogP) is 4.82. The van der Waals surface area contributed by atoms with E-state index in [4.69, 9.17) is 21.4 Å². The maximum Gasteiger partial charge on any atom is 0.232 e. The Morgan fingerprint density at radius 3 is 2.65 bits per heavy atom. The minimum atomic E-state index is 0.282. The van der Waals surface area contributed by atoms with Crippen molar-refractivity contribution in [3.05, 3.63) is 71.4 Å². The van der Waals surface area contributed by atoms with Gasteiger partial charge in [-0.3, -0.25) is 9.69 Å². The van der Waals surface area contributed by atoms with E-state index >= 15 is 0 Å². The van der Waals surface area contributed by atoms with Crippen LogP contribution in [-0.2, 0) is 6.61 Å². The number of carbonyl (C=O) groups excluding carboxylic acids is 1. The molecule has 2 heterocycles. The molecule has 0 spiro atoms. The first-order valence-electron chi connectivity index (χ1n) is 12.3. The number of aldehydes is 1. The van der Waals surface area contributed by atoms with Crippen molar-refractivity contribution in [2.24, 2.45) is 0 Å². The first-order valence-corrected chi connectivity index (χ1v) is 13.1. The molecule has 37 heavy (non-hydrogen) atoms. The number of benzene rings is 2. The number of hydrogen-bond acceptors (Lipinski definition) is 8. The topological polar surface area (TPSA) is 82.4 Å². The van der Waals surface area contributed by atoms with Gasteiger partial charge in [0.25, 0.3) is 0 Å². The first kappa shape index (κ1) is 26.2. The molecule has 1 aromatic heterocycles. The summed E-state index contributed by atoms with van der Waals surface area (Å²) in [6, 6.07) is 16.9. The van der Waals surface area contributed by atoms with Crippen LogP contribution in [0.4, 0.5) is 5.95 Å². The Bertz CT molecular complexity index is 1270. The third kappa shape index (κ3) is 7.57. The van der Waals surface area contributed by atoms with Crippen LogP contribution in [-0.4, -0.2) is 53.9 Å². The van der Waals surface area contributed by atoms with Crippen LogP contribution in [0.5, 0.6) is 5.88 Å². The van der Waals surface area contributed by atoms with Crippen LogP contribution < -0.4 is 9.64 Å². The molecule has 1 aliphatic rings. The van der Waals surface area contributed by atoms with E-state index in [9.17, 15) is 4.79 Å². The largest absolute Gasteiger partial charge is 0.472 e. The van der Waals surface area contributed by atoms with Gasteiger partial charge in [0.2, 0.25) is 11.8 Å². The van der Waals surface area contributed by atoms with Crippen LogP contribution in [0.15, 0.2) is 64.5 Å². The Morgan fingerprint density at radius 2 is 1.92 bits per heavy atom. The molecule has 4 rings (SSSR count). The number of unbranched alkanes of at least 4 members (excludes halogenated alkanes) is 2. The molecule has 8 heteroatoms. The summed E-state index contributed by atoms with van der Waals surface area (Å²) in [5.74, 6) is 3.84. The summed E-state index contributed by atoms with van der Waals surface area (Å²) in [7, 11) is 0. The molecular formula is C29H29N5O2S. The summed E-state index contributed by atoms with van der Waals surface area (Å²) in [6.07, 6.45) is 11.0. The lowest BCUT2D eigenvalue weighted by Crippen LogP contribution is -2.47. The zero-order chi connectivity index (χ0) is 25.9. The van der Waals surface area contributed by atoms with Crippen LogP contribution in [0.25, 0.3) is 0 Å². The van der Waals surface area contributed by atoms with Gasteiger partial charge in [0, 0.05) is 43.1 Å². The van der Waals surface area contributed by atoms with E-state index in [0.29, 0.717) is 23.0 Å². The molecule has 0 amide bonds. The highest BCUT2D eigenvalue weighted by Gasteiger charge is 2.21. The SMILES string of the molecule is C#CCCCCN1CCN(c2ncc(Sc3ccc(C#N)cc3)c(OCc3cccc(C=O)c3)n2)CC1. The van der Waals surface area contributed by atoms with Crippen molar-refractivity contribution >= 4 is 24.0 Å². The maximum atomic E-state index is 11.2. The molecule has 0 bridgehead atoms. The molecule has 0 unspecified atom stereocenters. The van der Waals surface area contributed by atoms with E-state index < -0.39 is 0 Å². The fourth-order valence-corrected chi connectivity index (χ4v) is 4.86. The Labute approximate surface area is 222 Å². The molecule has 0 N–H and O–H groups in total. The molecule has 0 radical (unpaired) electrons. The standard InChI is InChI=1S/C29H29N5O2S/c1-2-3-4-5-13-33-14-16-34(17-15-33)29-31-20-27(37-26-11-9-23(19-30)10-12-26)28(32-29)36-22-25-8-6-7-24(18-25)21-35/h1,6-12,18,20-21H,3-5,13-17,22H2. The fourth-order valence-electron chi connectivity index (χ4n) is 4.04. The van der Waals surface area contributed by atoms with Gasteiger partial charge < -0.3 is 9.64 Å². The second kappa shape index (κ2) is 13.5. The Kier molecular flexibility index (Phi) is 9.54. The van der Waals surface area contributed by atoms with Gasteiger partial charge in [-0.15, -0.1) is 12.3 Å². The van der Waals surface area contributed by atoms with Gasteiger partial charge in [-0.05, 0) is 55.3 Å². The summed E-state index contributed by atoms with van der Waals surface area (Å²) in [5, 5.41) is 9.08. The number of terminal acetylenes is 1. The highest BCUT2D eigenvalue weighted by molar-refractivity contribution is 7.99. The summed E-state index contributed by atoms with van der Waals surface area (Å²) in [5.41, 5.74) is 2.10. The van der Waals surface area contributed by atoms with Crippen LogP contribution in [0.2, 0.25) is 0 Å². The third-order valence-electron chi connectivity index (χ3n) is 6.08. The molecule has 0 saturated carbocycles. The van der Waals surface area contributed by atoms with E-state index in [1.54, 1.807) is 24.4 Å². The average Bonchev–Trinajstić information content (AvgIpc) is 2.95. The number of aromatic nitrogens is 2. The molecule has 7 nitrogen and oxygen atoms in total. The fraction of sp³-hybridized carbons (Fsp3) is 0.310. The lowest BCUT2D eigenvalue weighted by atomic mass is 10.1. The Balaban J connectivity index is 1.48. The monoisotopic (exact) mass is 511 g/mol. The zero-order valence-corrected chi connectivity index (χ0v) is 21.5. The van der Waals surface area contributed by atoms with Crippen molar-refractivity contribution in [3.8, 4) is 24.3 Å². The summed E-state index contributed by atoms with van der Waals surface area (Å²) in [4.78, 5) is 27.0. The molecule has 1 saturated heterocycles. The van der Waals surface area contributed by atoms with Crippen molar-refractivity contribution in [2.45, 2.75) is 35.7 Å². The molecular weight excluding hydrogens is 482 g/mol. The van der Waals surface area contributed by atoms with E-state index in [1.807, 2.05) is 30.3 Å². The number of carbonyl (C=O) groups is 1. The summed E-state index contributed by atoms with van der Waals surface area (Å²) >= 11 is 1.49. The van der Waals surface area contributed by atoms with Gasteiger partial charge in [0.1, 0.15) is 12.9 Å². The molecule has 1 fully saturated rings. The van der Waals surface area contributed by atoms with Crippen molar-refractivity contribution in [2.75, 3.05) is 37.6 Å². The number of nitrogens with zero attached hydrogens (tertiary/aromatic N) is 5. The number of rotatable bonds is 11. The van der Waals surface area contributed by atoms with Crippen LogP contribution in [0.3, 0.4) is 0 Å². The highest BCUT2D eigenvalue weighted by Crippen LogP contribution is 2.35. The van der Waals surface area contributed by atoms with Gasteiger partial charge in [0.15, 0.2) is 0 Å². The van der Waals surface area contributed by atoms with Gasteiger partial charge in [-0.25, -0.2) is 4.98 Å². The Morgan fingerprint density at radius 1 is 1.11 bits per heavy atom. The van der Waals surface area contributed by atoms with Crippen LogP contribution in [0.1, 0.15) is 40.7 Å². The van der Waals surface area contributed by atoms with E-state index in [1.165, 1.54) is 11.8 Å². The molecule has 3 aromatic rings. The van der Waals surface area contributed by atoms with Crippen molar-refractivity contribution in [3.63, 3.8) is 0 Å². The predicted molar refractivity (Wildman–Crippen MR) is 145 cm³/mol. The van der Waals surface area contributed by atoms with Crippen molar-refractivity contribution in [1.29, 1.82) is 5.26 Å². The van der Waals surface area contributed by atoms with E-state index in [0.717, 1.165) is 73.6 Å². The van der Waals surface area contributed by atoms with E-state index in [2.05, 4.69) is 26.8 Å². The van der Waals surface area contributed by atoms with Gasteiger partial charge in [-0.1, -0.05) is 30.0 Å². The van der Waals surface area contributed by atoms with Gasteiger partial charge in [-0.2, -0.15) is 10.2 Å². The number of hydrogen-bond donors (Lipinski definition) is 0. The normalized spacial score (nSPS) is 13.5. The molecule has 0 aliphatic carbocycles. The molecule has 188 valence electrons. The minimum absolute atomic E-state index is 0.282. The minimum Gasteiger partial charge on any atom is -0.472 e. The van der Waals surface area contributed by atoms with Crippen molar-refractivity contribution < 1.29 is 9.53 Å². The van der Waals surface area contributed by atoms with Gasteiger partial charge in [0.05, 0.1) is 22.7 Å². The summed E-state index contributed by atoms with van der Waals surface area (Å²) in [6.45, 7) is 4.94. The first-order chi connectivity index (χ1) is 18.2. The lowest BCUT2D eigenvalue weighted by molar-refractivity contribution is 0.112. The number of piperazine rings is 1. The average molecular weight is 512 g/mol. The van der Waals surface area contributed by atoms with Crippen LogP contribution in [0, 0.1) is 23.7 Å². The third-order valence-corrected chi connectivity index (χ3v) is 7.09. The number of ether oxygens (including phenoxy) is 1. The summed E-state index contributed by atoms with van der Waals surface area (Å²) < 4.78 is 6.18.